The van der Waals surface area contributed by atoms with E-state index in [0.717, 1.165) is 17.2 Å². The highest BCUT2D eigenvalue weighted by Gasteiger charge is 2.47. The van der Waals surface area contributed by atoms with Crippen molar-refractivity contribution >= 4 is 28.4 Å². The zero-order valence-corrected chi connectivity index (χ0v) is 18.4. The van der Waals surface area contributed by atoms with Crippen LogP contribution in [0.2, 0.25) is 0 Å². The summed E-state index contributed by atoms with van der Waals surface area (Å²) in [6.45, 7) is 3.04. The highest BCUT2D eigenvalue weighted by Crippen LogP contribution is 2.35. The molecule has 1 atom stereocenters. The molecule has 7 nitrogen and oxygen atoms in total. The number of halogens is 4. The summed E-state index contributed by atoms with van der Waals surface area (Å²) in [6, 6.07) is 4.63. The average Bonchev–Trinajstić information content (AvgIpc) is 2.78. The van der Waals surface area contributed by atoms with E-state index in [-0.39, 0.29) is 35.7 Å². The summed E-state index contributed by atoms with van der Waals surface area (Å²) in [6.07, 6.45) is -2.04. The number of aromatic carboxylic acids is 1. The molecule has 0 bridgehead atoms. The van der Waals surface area contributed by atoms with Gasteiger partial charge < -0.3 is 19.5 Å². The summed E-state index contributed by atoms with van der Waals surface area (Å²) in [5.74, 6) is -2.10. The van der Waals surface area contributed by atoms with Crippen LogP contribution >= 0.6 is 0 Å². The van der Waals surface area contributed by atoms with Gasteiger partial charge in [0.05, 0.1) is 11.2 Å². The number of hydrogen-bond donors (Lipinski definition) is 1. The molecule has 0 radical (unpaired) electrons. The number of alkyl halides is 3. The first-order chi connectivity index (χ1) is 16.0. The van der Waals surface area contributed by atoms with Gasteiger partial charge in [-0.15, -0.1) is 0 Å². The van der Waals surface area contributed by atoms with Gasteiger partial charge in [0, 0.05) is 43.5 Å². The second-order valence-corrected chi connectivity index (χ2v) is 8.38. The van der Waals surface area contributed by atoms with Gasteiger partial charge in [0.15, 0.2) is 0 Å². The maximum Gasteiger partial charge on any atom is 0.410 e. The molecule has 1 aromatic carbocycles. The topological polar surface area (TPSA) is 78.7 Å². The molecule has 1 fully saturated rings. The van der Waals surface area contributed by atoms with Crippen molar-refractivity contribution in [3.8, 4) is 0 Å². The van der Waals surface area contributed by atoms with Crippen molar-refractivity contribution in [1.82, 2.24) is 9.55 Å². The highest BCUT2D eigenvalue weighted by molar-refractivity contribution is 5.93. The van der Waals surface area contributed by atoms with Crippen molar-refractivity contribution < 1.29 is 27.5 Å². The molecule has 0 spiro atoms. The van der Waals surface area contributed by atoms with Crippen LogP contribution in [0.4, 0.5) is 29.1 Å². The van der Waals surface area contributed by atoms with Crippen LogP contribution in [-0.2, 0) is 0 Å². The first-order valence-electron chi connectivity index (χ1n) is 10.6. The third-order valence-electron chi connectivity index (χ3n) is 5.93. The fourth-order valence-electron chi connectivity index (χ4n) is 4.26. The number of fused-ring (bicyclic) bond motifs is 1. The number of carboxylic acids is 1. The molecule has 3 aromatic rings. The molecule has 180 valence electrons. The van der Waals surface area contributed by atoms with Crippen molar-refractivity contribution in [2.24, 2.45) is 0 Å². The van der Waals surface area contributed by atoms with Gasteiger partial charge in [0.2, 0.25) is 5.43 Å². The molecule has 34 heavy (non-hydrogen) atoms. The third-order valence-corrected chi connectivity index (χ3v) is 5.93. The van der Waals surface area contributed by atoms with E-state index >= 15 is 4.39 Å². The van der Waals surface area contributed by atoms with Gasteiger partial charge in [-0.3, -0.25) is 4.79 Å². The van der Waals surface area contributed by atoms with Crippen LogP contribution in [0.3, 0.4) is 0 Å². The Bertz CT molecular complexity index is 1290. The SMILES string of the molecule is CC(C)n1cc(C(=O)O)c(=O)c2cc(F)c(N3CCN(c4ccccn4)CC3C(F)(F)F)cc21. The molecular weight excluding hydrogens is 456 g/mol. The predicted octanol–water partition coefficient (Wildman–Crippen LogP) is 4.07. The maximum atomic E-state index is 15.2. The van der Waals surface area contributed by atoms with E-state index in [1.54, 1.807) is 32.0 Å². The molecule has 0 amide bonds. The Labute approximate surface area is 191 Å². The summed E-state index contributed by atoms with van der Waals surface area (Å²) in [5.41, 5.74) is -1.57. The van der Waals surface area contributed by atoms with Gasteiger partial charge in [-0.1, -0.05) is 6.07 Å². The van der Waals surface area contributed by atoms with Crippen molar-refractivity contribution in [3.05, 3.63) is 64.3 Å². The Morgan fingerprint density at radius 3 is 2.53 bits per heavy atom. The average molecular weight is 478 g/mol. The lowest BCUT2D eigenvalue weighted by Gasteiger charge is -2.43. The van der Waals surface area contributed by atoms with Crippen LogP contribution in [0.5, 0.6) is 0 Å². The second-order valence-electron chi connectivity index (χ2n) is 8.38. The van der Waals surface area contributed by atoms with E-state index < -0.39 is 41.5 Å². The van der Waals surface area contributed by atoms with Crippen molar-refractivity contribution in [2.45, 2.75) is 32.1 Å². The van der Waals surface area contributed by atoms with E-state index in [1.165, 1.54) is 21.7 Å². The van der Waals surface area contributed by atoms with E-state index in [9.17, 15) is 27.9 Å². The number of piperazine rings is 1. The minimum absolute atomic E-state index is 0.137. The molecule has 0 saturated carbocycles. The van der Waals surface area contributed by atoms with Crippen LogP contribution in [0.1, 0.15) is 30.2 Å². The highest BCUT2D eigenvalue weighted by atomic mass is 19.4. The quantitative estimate of drug-likeness (QED) is 0.570. The molecule has 2 aromatic heterocycles. The summed E-state index contributed by atoms with van der Waals surface area (Å²) in [4.78, 5) is 30.7. The lowest BCUT2D eigenvalue weighted by Crippen LogP contribution is -2.59. The second kappa shape index (κ2) is 8.62. The fraction of sp³-hybridized carbons (Fsp3) is 0.348. The smallest absolute Gasteiger partial charge is 0.410 e. The summed E-state index contributed by atoms with van der Waals surface area (Å²) >= 11 is 0. The lowest BCUT2D eigenvalue weighted by molar-refractivity contribution is -0.148. The van der Waals surface area contributed by atoms with Gasteiger partial charge in [0.1, 0.15) is 23.2 Å². The van der Waals surface area contributed by atoms with Crippen LogP contribution in [0, 0.1) is 5.82 Å². The fourth-order valence-corrected chi connectivity index (χ4v) is 4.26. The monoisotopic (exact) mass is 478 g/mol. The van der Waals surface area contributed by atoms with E-state index in [1.807, 2.05) is 0 Å². The number of pyridine rings is 2. The molecule has 1 aliphatic rings. The van der Waals surface area contributed by atoms with Gasteiger partial charge in [-0.05, 0) is 38.1 Å². The standard InChI is InChI=1S/C23H22F4N4O3/c1-13(2)31-11-15(22(33)34)21(32)14-9-16(24)18(10-17(14)31)30-8-7-29(12-19(30)23(25,26)27)20-5-3-4-6-28-20/h3-6,9-11,13,19H,7-8,12H2,1-2H3,(H,33,34). The number of carboxylic acid groups (broad SMARTS) is 1. The van der Waals surface area contributed by atoms with Gasteiger partial charge >= 0.3 is 12.1 Å². The molecule has 1 N–H and O–H groups in total. The molecule has 1 unspecified atom stereocenters. The molecule has 4 rings (SSSR count). The number of aromatic nitrogens is 2. The third kappa shape index (κ3) is 4.17. The zero-order chi connectivity index (χ0) is 24.8. The van der Waals surface area contributed by atoms with Crippen molar-refractivity contribution in [2.75, 3.05) is 29.4 Å². The van der Waals surface area contributed by atoms with Gasteiger partial charge in [0.25, 0.3) is 0 Å². The number of rotatable bonds is 4. The normalized spacial score (nSPS) is 17.0. The number of benzene rings is 1. The van der Waals surface area contributed by atoms with Crippen molar-refractivity contribution in [1.29, 1.82) is 0 Å². The summed E-state index contributed by atoms with van der Waals surface area (Å²) in [7, 11) is 0. The molecule has 0 aliphatic carbocycles. The molecular formula is C23H22F4N4O3. The Balaban J connectivity index is 1.84. The Morgan fingerprint density at radius 1 is 1.21 bits per heavy atom. The zero-order valence-electron chi connectivity index (χ0n) is 18.4. The van der Waals surface area contributed by atoms with Crippen molar-refractivity contribution in [3.63, 3.8) is 0 Å². The van der Waals surface area contributed by atoms with Gasteiger partial charge in [-0.25, -0.2) is 14.2 Å². The lowest BCUT2D eigenvalue weighted by atomic mass is 10.1. The number of nitrogens with zero attached hydrogens (tertiary/aromatic N) is 4. The maximum absolute atomic E-state index is 15.2. The minimum atomic E-state index is -4.67. The molecule has 3 heterocycles. The van der Waals surface area contributed by atoms with Crippen LogP contribution in [-0.4, -0.2) is 52.5 Å². The molecule has 11 heteroatoms. The molecule has 1 saturated heterocycles. The Hall–Kier alpha value is -3.63. The van der Waals surface area contributed by atoms with Crippen LogP contribution < -0.4 is 15.2 Å². The Morgan fingerprint density at radius 2 is 1.94 bits per heavy atom. The predicted molar refractivity (Wildman–Crippen MR) is 119 cm³/mol. The largest absolute Gasteiger partial charge is 0.477 e. The summed E-state index contributed by atoms with van der Waals surface area (Å²) in [5, 5.41) is 9.15. The van der Waals surface area contributed by atoms with Gasteiger partial charge in [-0.2, -0.15) is 13.2 Å². The first-order valence-corrected chi connectivity index (χ1v) is 10.6. The number of hydrogen-bond acceptors (Lipinski definition) is 5. The number of carbonyl (C=O) groups is 1. The molecule has 1 aliphatic heterocycles. The number of anilines is 2. The van der Waals surface area contributed by atoms with E-state index in [0.29, 0.717) is 5.82 Å². The minimum Gasteiger partial charge on any atom is -0.477 e. The van der Waals surface area contributed by atoms with E-state index in [4.69, 9.17) is 0 Å². The van der Waals surface area contributed by atoms with Crippen LogP contribution in [0.25, 0.3) is 10.9 Å². The first kappa shape index (κ1) is 23.5. The summed E-state index contributed by atoms with van der Waals surface area (Å²) < 4.78 is 58.9. The van der Waals surface area contributed by atoms with Crippen LogP contribution in [0.15, 0.2) is 47.5 Å². The van der Waals surface area contributed by atoms with E-state index in [2.05, 4.69) is 4.98 Å². The Kier molecular flexibility index (Phi) is 5.96.